The lowest BCUT2D eigenvalue weighted by molar-refractivity contribution is 0.0925. The number of oxazole rings is 1. The molecule has 1 saturated heterocycles. The summed E-state index contributed by atoms with van der Waals surface area (Å²) in [6, 6.07) is 0. The van der Waals surface area contributed by atoms with Gasteiger partial charge in [-0.05, 0) is 32.9 Å². The van der Waals surface area contributed by atoms with E-state index in [9.17, 15) is 4.79 Å². The number of amides is 1. The van der Waals surface area contributed by atoms with Crippen molar-refractivity contribution in [2.75, 3.05) is 19.6 Å². The molecule has 5 heteroatoms. The summed E-state index contributed by atoms with van der Waals surface area (Å²) in [5, 5.41) is 5.98. The second-order valence-corrected chi connectivity index (χ2v) is 3.95. The van der Waals surface area contributed by atoms with Gasteiger partial charge in [-0.2, -0.15) is 0 Å². The highest BCUT2D eigenvalue weighted by Crippen LogP contribution is 2.24. The van der Waals surface area contributed by atoms with Gasteiger partial charge in [-0.1, -0.05) is 0 Å². The van der Waals surface area contributed by atoms with Gasteiger partial charge in [0.25, 0.3) is 5.91 Å². The number of hydrogen-bond donors (Lipinski definition) is 2. The monoisotopic (exact) mass is 223 g/mol. The fraction of sp³-hybridized carbons (Fsp3) is 0.636. The van der Waals surface area contributed by atoms with E-state index in [1.54, 1.807) is 0 Å². The molecular weight excluding hydrogens is 206 g/mol. The first-order chi connectivity index (χ1) is 7.81. The van der Waals surface area contributed by atoms with Crippen molar-refractivity contribution in [1.82, 2.24) is 15.6 Å². The van der Waals surface area contributed by atoms with Crippen LogP contribution in [-0.4, -0.2) is 30.5 Å². The Hall–Kier alpha value is -1.36. The molecule has 0 unspecified atom stereocenters. The van der Waals surface area contributed by atoms with Gasteiger partial charge in [0, 0.05) is 12.5 Å². The number of nitrogens with zero attached hydrogens (tertiary/aromatic N) is 1. The molecule has 16 heavy (non-hydrogen) atoms. The summed E-state index contributed by atoms with van der Waals surface area (Å²) < 4.78 is 5.49. The number of carbonyl (C=O) groups excluding carboxylic acids is 1. The van der Waals surface area contributed by atoms with Crippen molar-refractivity contribution in [2.45, 2.75) is 25.7 Å². The van der Waals surface area contributed by atoms with Crippen molar-refractivity contribution in [1.29, 1.82) is 0 Å². The molecule has 1 aromatic heterocycles. The number of piperidine rings is 1. The number of rotatable bonds is 3. The number of carbonyl (C=O) groups is 1. The van der Waals surface area contributed by atoms with Gasteiger partial charge in [0.1, 0.15) is 0 Å². The molecule has 2 heterocycles. The Morgan fingerprint density at radius 2 is 2.38 bits per heavy atom. The van der Waals surface area contributed by atoms with Crippen molar-refractivity contribution < 1.29 is 9.21 Å². The van der Waals surface area contributed by atoms with Gasteiger partial charge < -0.3 is 15.1 Å². The third kappa shape index (κ3) is 2.41. The van der Waals surface area contributed by atoms with Crippen LogP contribution in [0.15, 0.2) is 10.6 Å². The first-order valence-corrected chi connectivity index (χ1v) is 5.76. The predicted molar refractivity (Wildman–Crippen MR) is 59.4 cm³/mol. The lowest BCUT2D eigenvalue weighted by atomic mass is 9.98. The standard InChI is InChI=1S/C11H17N3O2/c1-2-13-10(15)9-7-14-11(16-9)8-3-5-12-6-4-8/h7-8,12H,2-6H2,1H3,(H,13,15). The predicted octanol–water partition coefficient (Wildman–Crippen LogP) is 0.891. The Morgan fingerprint density at radius 3 is 3.06 bits per heavy atom. The van der Waals surface area contributed by atoms with E-state index < -0.39 is 0 Å². The molecule has 1 aliphatic rings. The van der Waals surface area contributed by atoms with Crippen LogP contribution in [0.1, 0.15) is 42.1 Å². The van der Waals surface area contributed by atoms with Crippen LogP contribution in [-0.2, 0) is 0 Å². The molecular formula is C11H17N3O2. The molecule has 1 amide bonds. The van der Waals surface area contributed by atoms with Gasteiger partial charge in [-0.25, -0.2) is 4.98 Å². The molecule has 0 aromatic carbocycles. The van der Waals surface area contributed by atoms with E-state index >= 15 is 0 Å². The number of hydrogen-bond acceptors (Lipinski definition) is 4. The molecule has 0 bridgehead atoms. The molecule has 88 valence electrons. The normalized spacial score (nSPS) is 17.3. The van der Waals surface area contributed by atoms with Crippen LogP contribution < -0.4 is 10.6 Å². The maximum absolute atomic E-state index is 11.5. The average Bonchev–Trinajstić information content (AvgIpc) is 2.80. The van der Waals surface area contributed by atoms with Gasteiger partial charge in [0.2, 0.25) is 5.76 Å². The van der Waals surface area contributed by atoms with Gasteiger partial charge in [0.05, 0.1) is 6.20 Å². The summed E-state index contributed by atoms with van der Waals surface area (Å²) in [6.07, 6.45) is 3.56. The van der Waals surface area contributed by atoms with E-state index in [-0.39, 0.29) is 5.91 Å². The van der Waals surface area contributed by atoms with Gasteiger partial charge in [-0.3, -0.25) is 4.79 Å². The minimum atomic E-state index is -0.185. The van der Waals surface area contributed by atoms with Crippen LogP contribution in [0.5, 0.6) is 0 Å². The van der Waals surface area contributed by atoms with Crippen LogP contribution >= 0.6 is 0 Å². The van der Waals surface area contributed by atoms with Crippen molar-refractivity contribution in [3.8, 4) is 0 Å². The molecule has 0 saturated carbocycles. The van der Waals surface area contributed by atoms with E-state index in [0.717, 1.165) is 25.9 Å². The molecule has 0 radical (unpaired) electrons. The zero-order valence-electron chi connectivity index (χ0n) is 9.45. The lowest BCUT2D eigenvalue weighted by Gasteiger charge is -2.19. The lowest BCUT2D eigenvalue weighted by Crippen LogP contribution is -2.26. The zero-order chi connectivity index (χ0) is 11.4. The molecule has 1 aliphatic heterocycles. The molecule has 2 rings (SSSR count). The summed E-state index contributed by atoms with van der Waals surface area (Å²) in [6.45, 7) is 4.46. The number of nitrogens with one attached hydrogen (secondary N) is 2. The summed E-state index contributed by atoms with van der Waals surface area (Å²) in [5.74, 6) is 1.18. The summed E-state index contributed by atoms with van der Waals surface area (Å²) in [5.41, 5.74) is 0. The zero-order valence-corrected chi connectivity index (χ0v) is 9.45. The van der Waals surface area contributed by atoms with Crippen molar-refractivity contribution in [2.24, 2.45) is 0 Å². The van der Waals surface area contributed by atoms with E-state index in [1.165, 1.54) is 6.20 Å². The SMILES string of the molecule is CCNC(=O)c1cnc(C2CCNCC2)o1. The van der Waals surface area contributed by atoms with Crippen molar-refractivity contribution in [3.63, 3.8) is 0 Å². The average molecular weight is 223 g/mol. The molecule has 1 aromatic rings. The second kappa shape index (κ2) is 5.12. The summed E-state index contributed by atoms with van der Waals surface area (Å²) in [4.78, 5) is 15.7. The number of aromatic nitrogens is 1. The third-order valence-corrected chi connectivity index (χ3v) is 2.77. The minimum absolute atomic E-state index is 0.185. The summed E-state index contributed by atoms with van der Waals surface area (Å²) >= 11 is 0. The summed E-state index contributed by atoms with van der Waals surface area (Å²) in [7, 11) is 0. The van der Waals surface area contributed by atoms with Crippen molar-refractivity contribution in [3.05, 3.63) is 17.8 Å². The van der Waals surface area contributed by atoms with Gasteiger partial charge in [-0.15, -0.1) is 0 Å². The molecule has 2 N–H and O–H groups in total. The highest BCUT2D eigenvalue weighted by Gasteiger charge is 2.21. The van der Waals surface area contributed by atoms with Crippen LogP contribution in [0.2, 0.25) is 0 Å². The Balaban J connectivity index is 2.03. The van der Waals surface area contributed by atoms with Gasteiger partial charge in [0.15, 0.2) is 5.89 Å². The second-order valence-electron chi connectivity index (χ2n) is 3.95. The van der Waals surface area contributed by atoms with Crippen LogP contribution in [0.25, 0.3) is 0 Å². The molecule has 0 atom stereocenters. The van der Waals surface area contributed by atoms with E-state index in [4.69, 9.17) is 4.42 Å². The molecule has 5 nitrogen and oxygen atoms in total. The Morgan fingerprint density at radius 1 is 1.62 bits per heavy atom. The minimum Gasteiger partial charge on any atom is -0.435 e. The Labute approximate surface area is 94.6 Å². The smallest absolute Gasteiger partial charge is 0.288 e. The maximum Gasteiger partial charge on any atom is 0.288 e. The largest absolute Gasteiger partial charge is 0.435 e. The van der Waals surface area contributed by atoms with Crippen LogP contribution in [0.4, 0.5) is 0 Å². The Kier molecular flexibility index (Phi) is 3.56. The fourth-order valence-electron chi connectivity index (χ4n) is 1.90. The topological polar surface area (TPSA) is 67.2 Å². The first kappa shape index (κ1) is 11.1. The highest BCUT2D eigenvalue weighted by molar-refractivity contribution is 5.91. The third-order valence-electron chi connectivity index (χ3n) is 2.77. The molecule has 0 spiro atoms. The van der Waals surface area contributed by atoms with E-state index in [1.807, 2.05) is 6.92 Å². The van der Waals surface area contributed by atoms with Crippen molar-refractivity contribution >= 4 is 5.91 Å². The van der Waals surface area contributed by atoms with Crippen LogP contribution in [0, 0.1) is 0 Å². The first-order valence-electron chi connectivity index (χ1n) is 5.76. The Bertz CT molecular complexity index is 356. The van der Waals surface area contributed by atoms with Crippen LogP contribution in [0.3, 0.4) is 0 Å². The van der Waals surface area contributed by atoms with Gasteiger partial charge >= 0.3 is 0 Å². The maximum atomic E-state index is 11.5. The molecule has 1 fully saturated rings. The molecule has 0 aliphatic carbocycles. The quantitative estimate of drug-likeness (QED) is 0.798. The van der Waals surface area contributed by atoms with E-state index in [2.05, 4.69) is 15.6 Å². The van der Waals surface area contributed by atoms with E-state index in [0.29, 0.717) is 24.1 Å². The fourth-order valence-corrected chi connectivity index (χ4v) is 1.90. The highest BCUT2D eigenvalue weighted by atomic mass is 16.4.